The molecule has 0 aliphatic carbocycles. The molecule has 1 saturated heterocycles. The predicted molar refractivity (Wildman–Crippen MR) is 133 cm³/mol. The lowest BCUT2D eigenvalue weighted by molar-refractivity contribution is -0.138. The Balaban J connectivity index is 1.30. The third kappa shape index (κ3) is 7.11. The average Bonchev–Trinajstić information content (AvgIpc) is 3.33. The van der Waals surface area contributed by atoms with Crippen LogP contribution in [0.1, 0.15) is 16.7 Å². The lowest BCUT2D eigenvalue weighted by Gasteiger charge is -2.35. The van der Waals surface area contributed by atoms with Crippen molar-refractivity contribution in [1.82, 2.24) is 15.3 Å². The Kier molecular flexibility index (Phi) is 8.83. The molecule has 9 heteroatoms. The summed E-state index contributed by atoms with van der Waals surface area (Å²) in [5.74, 6) is 0.0758. The zero-order chi connectivity index (χ0) is 24.5. The SMILES string of the molecule is COc1ccc(CCN=NCc2ccccc2C2=CNOC2CN2CCN(CC(=O)O)CC2)cc1. The first-order valence-electron chi connectivity index (χ1n) is 11.9. The largest absolute Gasteiger partial charge is 0.497 e. The smallest absolute Gasteiger partial charge is 0.317 e. The Bertz CT molecular complexity index is 1030. The van der Waals surface area contributed by atoms with Crippen LogP contribution in [0.4, 0.5) is 0 Å². The number of methoxy groups -OCH3 is 1. The van der Waals surface area contributed by atoms with E-state index in [4.69, 9.17) is 14.7 Å². The first-order chi connectivity index (χ1) is 17.1. The summed E-state index contributed by atoms with van der Waals surface area (Å²) >= 11 is 0. The number of ether oxygens (including phenoxy) is 1. The number of azo groups is 1. The highest BCUT2D eigenvalue weighted by atomic mass is 16.7. The van der Waals surface area contributed by atoms with Crippen LogP contribution < -0.4 is 10.2 Å². The molecule has 2 heterocycles. The number of nitrogens with one attached hydrogen (secondary N) is 1. The average molecular weight is 480 g/mol. The molecule has 0 bridgehead atoms. The standard InChI is InChI=1S/C26H33N5O4/c1-34-22-8-6-20(7-9-22)10-11-27-28-16-21-4-2-3-5-23(21)24-17-29-35-25(24)18-30-12-14-31(15-13-30)19-26(32)33/h2-9,17,25,29H,10-16,18-19H2,1H3,(H,32,33). The van der Waals surface area contributed by atoms with Gasteiger partial charge in [0.2, 0.25) is 0 Å². The van der Waals surface area contributed by atoms with Crippen LogP contribution in [0.5, 0.6) is 5.75 Å². The van der Waals surface area contributed by atoms with Crippen molar-refractivity contribution < 1.29 is 19.5 Å². The molecule has 2 aromatic rings. The topological polar surface area (TPSA) is 99.0 Å². The quantitative estimate of drug-likeness (QED) is 0.478. The van der Waals surface area contributed by atoms with Crippen LogP contribution in [0.2, 0.25) is 0 Å². The van der Waals surface area contributed by atoms with E-state index in [2.05, 4.69) is 44.9 Å². The Morgan fingerprint density at radius 1 is 1.09 bits per heavy atom. The maximum absolute atomic E-state index is 10.9. The van der Waals surface area contributed by atoms with Gasteiger partial charge in [-0.3, -0.25) is 24.9 Å². The molecule has 0 aromatic heterocycles. The maximum Gasteiger partial charge on any atom is 0.317 e. The van der Waals surface area contributed by atoms with E-state index >= 15 is 0 Å². The summed E-state index contributed by atoms with van der Waals surface area (Å²) in [6.07, 6.45) is 2.65. The minimum atomic E-state index is -0.776. The predicted octanol–water partition coefficient (Wildman–Crippen LogP) is 2.84. The molecule has 35 heavy (non-hydrogen) atoms. The summed E-state index contributed by atoms with van der Waals surface area (Å²) in [6, 6.07) is 16.2. The second-order valence-electron chi connectivity index (χ2n) is 8.71. The fourth-order valence-corrected chi connectivity index (χ4v) is 4.39. The van der Waals surface area contributed by atoms with Crippen molar-refractivity contribution in [2.24, 2.45) is 10.2 Å². The normalized spacial score (nSPS) is 19.0. The number of carboxylic acid groups (broad SMARTS) is 1. The number of carbonyl (C=O) groups is 1. The van der Waals surface area contributed by atoms with Gasteiger partial charge in [0.1, 0.15) is 11.9 Å². The number of rotatable bonds is 11. The van der Waals surface area contributed by atoms with Gasteiger partial charge in [-0.1, -0.05) is 36.4 Å². The molecule has 0 spiro atoms. The number of carboxylic acids is 1. The second kappa shape index (κ2) is 12.4. The van der Waals surface area contributed by atoms with Gasteiger partial charge >= 0.3 is 5.97 Å². The second-order valence-corrected chi connectivity index (χ2v) is 8.71. The highest BCUT2D eigenvalue weighted by Gasteiger charge is 2.28. The Labute approximate surface area is 206 Å². The van der Waals surface area contributed by atoms with Crippen molar-refractivity contribution in [1.29, 1.82) is 0 Å². The van der Waals surface area contributed by atoms with Crippen LogP contribution in [0.3, 0.4) is 0 Å². The van der Waals surface area contributed by atoms with Crippen molar-refractivity contribution in [3.63, 3.8) is 0 Å². The van der Waals surface area contributed by atoms with E-state index in [-0.39, 0.29) is 12.6 Å². The third-order valence-electron chi connectivity index (χ3n) is 6.35. The van der Waals surface area contributed by atoms with E-state index in [9.17, 15) is 4.79 Å². The van der Waals surface area contributed by atoms with Crippen LogP contribution in [0.15, 0.2) is 65.0 Å². The van der Waals surface area contributed by atoms with Crippen LogP contribution in [0.25, 0.3) is 5.57 Å². The first-order valence-corrected chi connectivity index (χ1v) is 11.9. The highest BCUT2D eigenvalue weighted by molar-refractivity contribution is 5.72. The summed E-state index contributed by atoms with van der Waals surface area (Å²) < 4.78 is 5.20. The van der Waals surface area contributed by atoms with Crippen molar-refractivity contribution in [3.05, 3.63) is 71.4 Å². The van der Waals surface area contributed by atoms with Gasteiger partial charge < -0.3 is 9.84 Å². The number of piperazine rings is 1. The molecule has 1 atom stereocenters. The van der Waals surface area contributed by atoms with Gasteiger partial charge in [-0.25, -0.2) is 0 Å². The lowest BCUT2D eigenvalue weighted by atomic mass is 9.96. The highest BCUT2D eigenvalue weighted by Crippen LogP contribution is 2.28. The molecule has 0 amide bonds. The van der Waals surface area contributed by atoms with Crippen LogP contribution in [-0.4, -0.2) is 79.9 Å². The van der Waals surface area contributed by atoms with Crippen molar-refractivity contribution in [2.75, 3.05) is 52.9 Å². The van der Waals surface area contributed by atoms with Crippen LogP contribution >= 0.6 is 0 Å². The minimum Gasteiger partial charge on any atom is -0.497 e. The zero-order valence-corrected chi connectivity index (χ0v) is 20.1. The van der Waals surface area contributed by atoms with Gasteiger partial charge in [-0.2, -0.15) is 10.2 Å². The molecule has 0 radical (unpaired) electrons. The molecule has 2 aromatic carbocycles. The van der Waals surface area contributed by atoms with Crippen molar-refractivity contribution in [2.45, 2.75) is 19.1 Å². The molecule has 2 aliphatic heterocycles. The molecule has 2 aliphatic rings. The van der Waals surface area contributed by atoms with Crippen molar-refractivity contribution >= 4 is 11.5 Å². The molecular formula is C26H33N5O4. The fourth-order valence-electron chi connectivity index (χ4n) is 4.39. The number of aliphatic carboxylic acids is 1. The lowest BCUT2D eigenvalue weighted by Crippen LogP contribution is -2.50. The van der Waals surface area contributed by atoms with Gasteiger partial charge in [-0.15, -0.1) is 0 Å². The van der Waals surface area contributed by atoms with Gasteiger partial charge in [0.15, 0.2) is 0 Å². The molecule has 1 fully saturated rings. The number of hydrogen-bond acceptors (Lipinski definition) is 8. The fraction of sp³-hybridized carbons (Fsp3) is 0.423. The van der Waals surface area contributed by atoms with E-state index in [0.29, 0.717) is 13.1 Å². The van der Waals surface area contributed by atoms with Gasteiger partial charge in [0.05, 0.1) is 26.7 Å². The number of hydroxylamine groups is 1. The summed E-state index contributed by atoms with van der Waals surface area (Å²) in [6.45, 7) is 5.14. The first kappa shape index (κ1) is 24.8. The van der Waals surface area contributed by atoms with Gasteiger partial charge in [0, 0.05) is 44.5 Å². The Morgan fingerprint density at radius 3 is 2.57 bits per heavy atom. The van der Waals surface area contributed by atoms with Gasteiger partial charge in [-0.05, 0) is 35.2 Å². The number of hydrogen-bond donors (Lipinski definition) is 2. The van der Waals surface area contributed by atoms with Crippen LogP contribution in [0, 0.1) is 0 Å². The Morgan fingerprint density at radius 2 is 1.83 bits per heavy atom. The third-order valence-corrected chi connectivity index (χ3v) is 6.35. The monoisotopic (exact) mass is 479 g/mol. The van der Waals surface area contributed by atoms with E-state index < -0.39 is 5.97 Å². The molecule has 9 nitrogen and oxygen atoms in total. The number of benzene rings is 2. The summed E-state index contributed by atoms with van der Waals surface area (Å²) in [5.41, 5.74) is 7.46. The molecule has 1 unspecified atom stereocenters. The molecule has 0 saturated carbocycles. The van der Waals surface area contributed by atoms with E-state index in [1.165, 1.54) is 5.56 Å². The van der Waals surface area contributed by atoms with E-state index in [1.807, 2.05) is 35.4 Å². The minimum absolute atomic E-state index is 0.0997. The molecular weight excluding hydrogens is 446 g/mol. The summed E-state index contributed by atoms with van der Waals surface area (Å²) in [4.78, 5) is 21.1. The molecule has 4 rings (SSSR count). The summed E-state index contributed by atoms with van der Waals surface area (Å²) in [5, 5.41) is 17.8. The maximum atomic E-state index is 10.9. The summed E-state index contributed by atoms with van der Waals surface area (Å²) in [7, 11) is 1.66. The van der Waals surface area contributed by atoms with Crippen LogP contribution in [-0.2, 0) is 22.6 Å². The van der Waals surface area contributed by atoms with Crippen molar-refractivity contribution in [3.8, 4) is 5.75 Å². The molecule has 2 N–H and O–H groups in total. The zero-order valence-electron chi connectivity index (χ0n) is 20.1. The van der Waals surface area contributed by atoms with Gasteiger partial charge in [0.25, 0.3) is 0 Å². The molecule has 186 valence electrons. The van der Waals surface area contributed by atoms with E-state index in [0.717, 1.165) is 61.6 Å². The Hall–Kier alpha value is -3.27. The van der Waals surface area contributed by atoms with E-state index in [1.54, 1.807) is 7.11 Å². The number of nitrogens with zero attached hydrogens (tertiary/aromatic N) is 4.